The third-order valence-corrected chi connectivity index (χ3v) is 0.705. The number of hydrogen-bond donors (Lipinski definition) is 2. The molecule has 3 heteroatoms. The lowest BCUT2D eigenvalue weighted by molar-refractivity contribution is 0.659. The summed E-state index contributed by atoms with van der Waals surface area (Å²) in [7, 11) is 0. The topological polar surface area (TPSA) is 36.4 Å². The number of hydrazone groups is 1. The smallest absolute Gasteiger partial charge is 0.0607 e. The van der Waals surface area contributed by atoms with Crippen molar-refractivity contribution < 1.29 is 0 Å². The molecule has 0 saturated carbocycles. The molecule has 0 aromatic heterocycles. The van der Waals surface area contributed by atoms with Crippen LogP contribution in [0.3, 0.4) is 0 Å². The van der Waals surface area contributed by atoms with Crippen LogP contribution in [0, 0.1) is 0 Å². The Morgan fingerprint density at radius 1 is 1.71 bits per heavy atom. The third kappa shape index (κ3) is 0.924. The van der Waals surface area contributed by atoms with Gasteiger partial charge in [0.25, 0.3) is 0 Å². The highest BCUT2D eigenvalue weighted by Gasteiger charge is 1.84. The Labute approximate surface area is 42.1 Å². The summed E-state index contributed by atoms with van der Waals surface area (Å²) in [5.41, 5.74) is 6.27. The monoisotopic (exact) mass is 97.1 g/mol. The zero-order chi connectivity index (χ0) is 5.11. The molecule has 0 atom stereocenters. The van der Waals surface area contributed by atoms with Gasteiger partial charge in [-0.05, 0) is 13.0 Å². The van der Waals surface area contributed by atoms with Gasteiger partial charge >= 0.3 is 0 Å². The molecule has 0 fully saturated rings. The van der Waals surface area contributed by atoms with Gasteiger partial charge in [-0.25, -0.2) is 5.53 Å². The van der Waals surface area contributed by atoms with E-state index in [4.69, 9.17) is 0 Å². The van der Waals surface area contributed by atoms with Gasteiger partial charge in [-0.3, -0.25) is 5.43 Å². The molecule has 1 rings (SSSR count). The van der Waals surface area contributed by atoms with Crippen molar-refractivity contribution in [2.75, 3.05) is 0 Å². The van der Waals surface area contributed by atoms with E-state index >= 15 is 0 Å². The summed E-state index contributed by atoms with van der Waals surface area (Å²) in [6.45, 7) is 1.92. The molecular weight excluding hydrogens is 90.1 g/mol. The number of rotatable bonds is 0. The van der Waals surface area contributed by atoms with Gasteiger partial charge in [0, 0.05) is 6.20 Å². The number of hydrazine groups is 1. The van der Waals surface area contributed by atoms with E-state index in [0.29, 0.717) is 0 Å². The number of hydrogen-bond acceptors (Lipinski definition) is 3. The predicted octanol–water partition coefficient (Wildman–Crippen LogP) is -0.0162. The van der Waals surface area contributed by atoms with Crippen LogP contribution in [0.2, 0.25) is 0 Å². The van der Waals surface area contributed by atoms with E-state index in [9.17, 15) is 0 Å². The van der Waals surface area contributed by atoms with Crippen LogP contribution in [0.4, 0.5) is 0 Å². The highest BCUT2D eigenvalue weighted by molar-refractivity contribution is 5.92. The minimum Gasteiger partial charge on any atom is -0.292 e. The lowest BCUT2D eigenvalue weighted by Crippen LogP contribution is -2.24. The van der Waals surface area contributed by atoms with Crippen LogP contribution in [0.25, 0.3) is 0 Å². The maximum Gasteiger partial charge on any atom is 0.0607 e. The Morgan fingerprint density at radius 3 is 2.86 bits per heavy atom. The van der Waals surface area contributed by atoms with E-state index in [-0.39, 0.29) is 0 Å². The van der Waals surface area contributed by atoms with Crippen molar-refractivity contribution in [2.45, 2.75) is 6.92 Å². The molecular formula is C4H7N3. The van der Waals surface area contributed by atoms with Gasteiger partial charge in [-0.2, -0.15) is 5.10 Å². The van der Waals surface area contributed by atoms with Crippen molar-refractivity contribution in [3.8, 4) is 0 Å². The van der Waals surface area contributed by atoms with E-state index in [1.807, 2.05) is 13.0 Å². The zero-order valence-electron chi connectivity index (χ0n) is 4.10. The Bertz CT molecular complexity index is 114. The molecule has 0 aromatic carbocycles. The van der Waals surface area contributed by atoms with Crippen molar-refractivity contribution in [2.24, 2.45) is 5.10 Å². The van der Waals surface area contributed by atoms with Crippen LogP contribution < -0.4 is 11.0 Å². The van der Waals surface area contributed by atoms with Crippen LogP contribution >= 0.6 is 0 Å². The van der Waals surface area contributed by atoms with E-state index in [1.54, 1.807) is 6.20 Å². The summed E-state index contributed by atoms with van der Waals surface area (Å²) >= 11 is 0. The van der Waals surface area contributed by atoms with Crippen molar-refractivity contribution in [3.05, 3.63) is 12.3 Å². The molecule has 0 aliphatic carbocycles. The van der Waals surface area contributed by atoms with Crippen LogP contribution in [0.15, 0.2) is 17.4 Å². The Kier molecular flexibility index (Phi) is 0.978. The predicted molar refractivity (Wildman–Crippen MR) is 28.5 cm³/mol. The molecule has 0 aromatic rings. The van der Waals surface area contributed by atoms with Crippen LogP contribution in [0.5, 0.6) is 0 Å². The molecule has 0 unspecified atom stereocenters. The third-order valence-electron chi connectivity index (χ3n) is 0.705. The SMILES string of the molecule is CC1=NNNC=C1. The van der Waals surface area contributed by atoms with Crippen molar-refractivity contribution in [1.29, 1.82) is 0 Å². The molecule has 2 N–H and O–H groups in total. The highest BCUT2D eigenvalue weighted by atomic mass is 15.6. The van der Waals surface area contributed by atoms with E-state index in [2.05, 4.69) is 16.1 Å². The average Bonchev–Trinajstić information content (AvgIpc) is 1.69. The molecule has 1 aliphatic heterocycles. The summed E-state index contributed by atoms with van der Waals surface area (Å²) in [5, 5.41) is 3.80. The first-order valence-corrected chi connectivity index (χ1v) is 2.11. The minimum atomic E-state index is 0.985. The van der Waals surface area contributed by atoms with Gasteiger partial charge in [0.05, 0.1) is 5.71 Å². The fraction of sp³-hybridized carbons (Fsp3) is 0.250. The first kappa shape index (κ1) is 4.18. The second kappa shape index (κ2) is 1.64. The standard InChI is InChI=1S/C4H7N3/c1-4-2-3-5-7-6-4/h2-3,5,7H,1H3. The largest absolute Gasteiger partial charge is 0.292 e. The van der Waals surface area contributed by atoms with Gasteiger partial charge in [0.15, 0.2) is 0 Å². The summed E-state index contributed by atoms with van der Waals surface area (Å²) < 4.78 is 0. The Balaban J connectivity index is 2.58. The lowest BCUT2D eigenvalue weighted by Gasteiger charge is -2.02. The fourth-order valence-electron chi connectivity index (χ4n) is 0.357. The van der Waals surface area contributed by atoms with Crippen LogP contribution in [-0.4, -0.2) is 5.71 Å². The van der Waals surface area contributed by atoms with Crippen molar-refractivity contribution >= 4 is 5.71 Å². The Morgan fingerprint density at radius 2 is 2.57 bits per heavy atom. The molecule has 0 bridgehead atoms. The molecule has 3 nitrogen and oxygen atoms in total. The van der Waals surface area contributed by atoms with Gasteiger partial charge in [0.2, 0.25) is 0 Å². The van der Waals surface area contributed by atoms with Crippen molar-refractivity contribution in [1.82, 2.24) is 11.0 Å². The zero-order valence-corrected chi connectivity index (χ0v) is 4.10. The number of nitrogens with zero attached hydrogens (tertiary/aromatic N) is 1. The molecule has 38 valence electrons. The first-order chi connectivity index (χ1) is 3.39. The van der Waals surface area contributed by atoms with Gasteiger partial charge < -0.3 is 0 Å². The average molecular weight is 97.1 g/mol. The second-order valence-corrected chi connectivity index (χ2v) is 1.34. The Hall–Kier alpha value is -0.990. The summed E-state index contributed by atoms with van der Waals surface area (Å²) in [4.78, 5) is 0. The van der Waals surface area contributed by atoms with E-state index in [0.717, 1.165) is 5.71 Å². The summed E-state index contributed by atoms with van der Waals surface area (Å²) in [6.07, 6.45) is 3.68. The summed E-state index contributed by atoms with van der Waals surface area (Å²) in [6, 6.07) is 0. The van der Waals surface area contributed by atoms with E-state index in [1.165, 1.54) is 0 Å². The first-order valence-electron chi connectivity index (χ1n) is 2.11. The summed E-state index contributed by atoms with van der Waals surface area (Å²) in [5.74, 6) is 0. The molecule has 1 heterocycles. The maximum atomic E-state index is 3.80. The van der Waals surface area contributed by atoms with Crippen molar-refractivity contribution in [3.63, 3.8) is 0 Å². The maximum absolute atomic E-state index is 3.80. The van der Waals surface area contributed by atoms with Gasteiger partial charge in [0.1, 0.15) is 0 Å². The second-order valence-electron chi connectivity index (χ2n) is 1.34. The lowest BCUT2D eigenvalue weighted by atomic mass is 10.4. The fourth-order valence-corrected chi connectivity index (χ4v) is 0.357. The highest BCUT2D eigenvalue weighted by Crippen LogP contribution is 1.78. The quantitative estimate of drug-likeness (QED) is 0.446. The van der Waals surface area contributed by atoms with Crippen LogP contribution in [0.1, 0.15) is 6.92 Å². The molecule has 0 radical (unpaired) electrons. The number of allylic oxidation sites excluding steroid dienone is 1. The van der Waals surface area contributed by atoms with Gasteiger partial charge in [-0.1, -0.05) is 0 Å². The minimum absolute atomic E-state index is 0.985. The van der Waals surface area contributed by atoms with Crippen LogP contribution in [-0.2, 0) is 0 Å². The molecule has 0 amide bonds. The molecule has 0 saturated heterocycles. The van der Waals surface area contributed by atoms with E-state index < -0.39 is 0 Å². The normalized spacial score (nSPS) is 17.0. The van der Waals surface area contributed by atoms with Gasteiger partial charge in [-0.15, -0.1) is 0 Å². The molecule has 7 heavy (non-hydrogen) atoms. The molecule has 1 aliphatic rings. The number of nitrogens with one attached hydrogen (secondary N) is 2. The molecule has 0 spiro atoms.